The molecule has 0 bridgehead atoms. The monoisotopic (exact) mass is 251 g/mol. The van der Waals surface area contributed by atoms with Gasteiger partial charge in [0, 0.05) is 31.9 Å². The summed E-state index contributed by atoms with van der Waals surface area (Å²) in [5.74, 6) is -0.579. The van der Waals surface area contributed by atoms with Gasteiger partial charge in [0.1, 0.15) is 0 Å². The lowest BCUT2D eigenvalue weighted by atomic mass is 10.1. The summed E-state index contributed by atoms with van der Waals surface area (Å²) in [6.07, 6.45) is 1.29. The Morgan fingerprint density at radius 1 is 1.61 bits per heavy atom. The van der Waals surface area contributed by atoms with Crippen LogP contribution in [0.3, 0.4) is 0 Å². The number of rotatable bonds is 3. The van der Waals surface area contributed by atoms with Crippen molar-refractivity contribution in [3.63, 3.8) is 0 Å². The standard InChI is InChI=1S/C12H17N3O3/c1-3-9-6-10(16)14(2)12(13-9)15-5-4-8(7-15)11(17)18/h6,8H,3-5,7H2,1-2H3,(H,17,18)/t8-/m1/s1. The summed E-state index contributed by atoms with van der Waals surface area (Å²) in [7, 11) is 1.66. The first-order valence-electron chi connectivity index (χ1n) is 6.07. The van der Waals surface area contributed by atoms with Gasteiger partial charge in [-0.2, -0.15) is 0 Å². The van der Waals surface area contributed by atoms with Crippen molar-refractivity contribution in [3.8, 4) is 0 Å². The number of aliphatic carboxylic acids is 1. The third-order valence-electron chi connectivity index (χ3n) is 3.35. The molecule has 0 spiro atoms. The molecule has 18 heavy (non-hydrogen) atoms. The van der Waals surface area contributed by atoms with Gasteiger partial charge in [0.25, 0.3) is 5.56 Å². The molecule has 1 aliphatic rings. The average Bonchev–Trinajstić information content (AvgIpc) is 2.82. The summed E-state index contributed by atoms with van der Waals surface area (Å²) < 4.78 is 1.48. The quantitative estimate of drug-likeness (QED) is 0.833. The van der Waals surface area contributed by atoms with Crippen molar-refractivity contribution in [3.05, 3.63) is 22.1 Å². The zero-order valence-electron chi connectivity index (χ0n) is 10.6. The van der Waals surface area contributed by atoms with E-state index in [1.165, 1.54) is 10.6 Å². The van der Waals surface area contributed by atoms with Crippen LogP contribution in [0, 0.1) is 5.92 Å². The molecule has 1 aromatic rings. The smallest absolute Gasteiger partial charge is 0.308 e. The van der Waals surface area contributed by atoms with E-state index in [0.29, 0.717) is 31.9 Å². The van der Waals surface area contributed by atoms with Gasteiger partial charge in [-0.3, -0.25) is 14.2 Å². The number of hydrogen-bond donors (Lipinski definition) is 1. The number of carboxylic acids is 1. The van der Waals surface area contributed by atoms with Crippen LogP contribution in [0.25, 0.3) is 0 Å². The van der Waals surface area contributed by atoms with Gasteiger partial charge in [-0.05, 0) is 12.8 Å². The Morgan fingerprint density at radius 2 is 2.33 bits per heavy atom. The third-order valence-corrected chi connectivity index (χ3v) is 3.35. The maximum atomic E-state index is 11.8. The molecule has 1 saturated heterocycles. The predicted octanol–water partition coefficient (Wildman–Crippen LogP) is 0.254. The second kappa shape index (κ2) is 4.80. The summed E-state index contributed by atoms with van der Waals surface area (Å²) >= 11 is 0. The molecule has 2 rings (SSSR count). The van der Waals surface area contributed by atoms with Gasteiger partial charge in [-0.15, -0.1) is 0 Å². The fourth-order valence-electron chi connectivity index (χ4n) is 2.18. The van der Waals surface area contributed by atoms with Crippen molar-refractivity contribution in [2.24, 2.45) is 13.0 Å². The number of aryl methyl sites for hydroxylation is 1. The molecule has 1 aliphatic heterocycles. The molecular weight excluding hydrogens is 234 g/mol. The second-order valence-electron chi connectivity index (χ2n) is 4.57. The normalized spacial score (nSPS) is 19.2. The molecule has 0 aliphatic carbocycles. The maximum Gasteiger partial charge on any atom is 0.308 e. The Hall–Kier alpha value is -1.85. The summed E-state index contributed by atoms with van der Waals surface area (Å²) in [5, 5.41) is 8.99. The predicted molar refractivity (Wildman–Crippen MR) is 66.8 cm³/mol. The van der Waals surface area contributed by atoms with Crippen molar-refractivity contribution in [1.82, 2.24) is 9.55 Å². The maximum absolute atomic E-state index is 11.8. The Kier molecular flexibility index (Phi) is 3.36. The Balaban J connectivity index is 2.32. The van der Waals surface area contributed by atoms with Gasteiger partial charge in [-0.25, -0.2) is 4.98 Å². The van der Waals surface area contributed by atoms with Gasteiger partial charge >= 0.3 is 5.97 Å². The number of carbonyl (C=O) groups is 1. The first-order chi connectivity index (χ1) is 8.52. The van der Waals surface area contributed by atoms with E-state index < -0.39 is 5.97 Å². The van der Waals surface area contributed by atoms with E-state index in [1.807, 2.05) is 11.8 Å². The zero-order chi connectivity index (χ0) is 13.3. The number of aromatic nitrogens is 2. The topological polar surface area (TPSA) is 75.4 Å². The summed E-state index contributed by atoms with van der Waals surface area (Å²) in [4.78, 5) is 29.0. The average molecular weight is 251 g/mol. The van der Waals surface area contributed by atoms with E-state index in [2.05, 4.69) is 4.98 Å². The van der Waals surface area contributed by atoms with Gasteiger partial charge in [0.2, 0.25) is 5.95 Å². The second-order valence-corrected chi connectivity index (χ2v) is 4.57. The lowest BCUT2D eigenvalue weighted by molar-refractivity contribution is -0.140. The molecule has 0 unspecified atom stereocenters. The van der Waals surface area contributed by atoms with E-state index >= 15 is 0 Å². The first-order valence-corrected chi connectivity index (χ1v) is 6.07. The fourth-order valence-corrected chi connectivity index (χ4v) is 2.18. The molecule has 0 aromatic carbocycles. The van der Waals surface area contributed by atoms with Crippen LogP contribution < -0.4 is 10.5 Å². The highest BCUT2D eigenvalue weighted by Gasteiger charge is 2.30. The van der Waals surface area contributed by atoms with E-state index in [9.17, 15) is 9.59 Å². The fraction of sp³-hybridized carbons (Fsp3) is 0.583. The minimum Gasteiger partial charge on any atom is -0.481 e. The molecule has 1 N–H and O–H groups in total. The molecule has 0 amide bonds. The highest BCUT2D eigenvalue weighted by atomic mass is 16.4. The van der Waals surface area contributed by atoms with E-state index in [1.54, 1.807) is 7.05 Å². The molecule has 1 fully saturated rings. The highest BCUT2D eigenvalue weighted by Crippen LogP contribution is 2.21. The van der Waals surface area contributed by atoms with Crippen LogP contribution in [-0.2, 0) is 18.3 Å². The lowest BCUT2D eigenvalue weighted by Gasteiger charge is -2.20. The molecule has 6 nitrogen and oxygen atoms in total. The van der Waals surface area contributed by atoms with Crippen molar-refractivity contribution >= 4 is 11.9 Å². The van der Waals surface area contributed by atoms with Crippen LogP contribution in [0.15, 0.2) is 10.9 Å². The van der Waals surface area contributed by atoms with E-state index in [4.69, 9.17) is 5.11 Å². The zero-order valence-corrected chi connectivity index (χ0v) is 10.6. The van der Waals surface area contributed by atoms with E-state index in [0.717, 1.165) is 5.69 Å². The number of anilines is 1. The Bertz CT molecular complexity index is 524. The third kappa shape index (κ3) is 2.23. The molecule has 0 radical (unpaired) electrons. The van der Waals surface area contributed by atoms with Crippen LogP contribution in [0.4, 0.5) is 5.95 Å². The SMILES string of the molecule is CCc1cc(=O)n(C)c(N2CC[C@@H](C(=O)O)C2)n1. The van der Waals surface area contributed by atoms with Gasteiger partial charge in [0.05, 0.1) is 5.92 Å². The van der Waals surface area contributed by atoms with Crippen molar-refractivity contribution in [1.29, 1.82) is 0 Å². The van der Waals surface area contributed by atoms with Crippen LogP contribution in [-0.4, -0.2) is 33.7 Å². The first kappa shape index (κ1) is 12.6. The largest absolute Gasteiger partial charge is 0.481 e. The van der Waals surface area contributed by atoms with Crippen LogP contribution >= 0.6 is 0 Å². The van der Waals surface area contributed by atoms with Gasteiger partial charge in [0.15, 0.2) is 0 Å². The molecule has 1 aromatic heterocycles. The molecule has 0 saturated carbocycles. The van der Waals surface area contributed by atoms with Crippen LogP contribution in [0.1, 0.15) is 19.0 Å². The Labute approximate surface area is 105 Å². The minimum atomic E-state index is -0.783. The molecule has 1 atom stereocenters. The highest BCUT2D eigenvalue weighted by molar-refractivity contribution is 5.71. The van der Waals surface area contributed by atoms with Gasteiger partial charge in [-0.1, -0.05) is 6.92 Å². The summed E-state index contributed by atoms with van der Waals surface area (Å²) in [5.41, 5.74) is 0.641. The lowest BCUT2D eigenvalue weighted by Crippen LogP contribution is -2.31. The van der Waals surface area contributed by atoms with Crippen molar-refractivity contribution < 1.29 is 9.90 Å². The molecule has 98 valence electrons. The molecule has 2 heterocycles. The van der Waals surface area contributed by atoms with Gasteiger partial charge < -0.3 is 10.0 Å². The molecule has 6 heteroatoms. The Morgan fingerprint density at radius 3 is 2.89 bits per heavy atom. The number of carboxylic acid groups (broad SMARTS) is 1. The van der Waals surface area contributed by atoms with Crippen molar-refractivity contribution in [2.75, 3.05) is 18.0 Å². The molecular formula is C12H17N3O3. The minimum absolute atomic E-state index is 0.101. The van der Waals surface area contributed by atoms with E-state index in [-0.39, 0.29) is 11.5 Å². The number of nitrogens with zero attached hydrogens (tertiary/aromatic N) is 3. The summed E-state index contributed by atoms with van der Waals surface area (Å²) in [6.45, 7) is 2.99. The number of hydrogen-bond acceptors (Lipinski definition) is 4. The van der Waals surface area contributed by atoms with Crippen LogP contribution in [0.2, 0.25) is 0 Å². The summed E-state index contributed by atoms with van der Waals surface area (Å²) in [6, 6.07) is 1.52. The van der Waals surface area contributed by atoms with Crippen LogP contribution in [0.5, 0.6) is 0 Å². The van der Waals surface area contributed by atoms with Crippen molar-refractivity contribution in [2.45, 2.75) is 19.8 Å².